The molecule has 1 atom stereocenters. The van der Waals surface area contributed by atoms with Gasteiger partial charge in [0, 0.05) is 6.42 Å². The van der Waals surface area contributed by atoms with Gasteiger partial charge in [0.1, 0.15) is 5.82 Å². The van der Waals surface area contributed by atoms with Crippen LogP contribution in [0.2, 0.25) is 0 Å². The Hall–Kier alpha value is -2.51. The fourth-order valence-electron chi connectivity index (χ4n) is 2.51. The first-order valence-electron chi connectivity index (χ1n) is 7.28. The molecule has 110 valence electrons. The van der Waals surface area contributed by atoms with E-state index in [1.54, 1.807) is 19.1 Å². The van der Waals surface area contributed by atoms with Crippen LogP contribution >= 0.6 is 0 Å². The lowest BCUT2D eigenvalue weighted by Gasteiger charge is -2.27. The zero-order valence-corrected chi connectivity index (χ0v) is 13.0. The first kappa shape index (κ1) is 15.9. The van der Waals surface area contributed by atoms with Crippen LogP contribution in [0.4, 0.5) is 4.39 Å². The van der Waals surface area contributed by atoms with Gasteiger partial charge < -0.3 is 0 Å². The van der Waals surface area contributed by atoms with Crippen LogP contribution in [-0.4, -0.2) is 0 Å². The second kappa shape index (κ2) is 6.97. The quantitative estimate of drug-likeness (QED) is 0.718. The summed E-state index contributed by atoms with van der Waals surface area (Å²) in [5.74, 6) is 8.68. The van der Waals surface area contributed by atoms with E-state index in [1.807, 2.05) is 0 Å². The molecule has 0 amide bonds. The smallest absolute Gasteiger partial charge is 0.123 e. The summed E-state index contributed by atoms with van der Waals surface area (Å²) < 4.78 is 13.2. The Morgan fingerprint density at radius 3 is 2.23 bits per heavy atom. The summed E-state index contributed by atoms with van der Waals surface area (Å²) in [7, 11) is 0. The number of benzene rings is 2. The van der Waals surface area contributed by atoms with E-state index < -0.39 is 5.41 Å². The largest absolute Gasteiger partial charge is 0.207 e. The molecule has 0 N–H and O–H groups in total. The van der Waals surface area contributed by atoms with Gasteiger partial charge in [0.25, 0.3) is 0 Å². The molecule has 0 bridgehead atoms. The highest BCUT2D eigenvalue weighted by Gasteiger charge is 2.29. The van der Waals surface area contributed by atoms with Crippen molar-refractivity contribution in [1.29, 1.82) is 0 Å². The van der Waals surface area contributed by atoms with Crippen molar-refractivity contribution in [2.45, 2.75) is 32.1 Å². The van der Waals surface area contributed by atoms with Crippen molar-refractivity contribution in [1.82, 2.24) is 0 Å². The molecule has 0 radical (unpaired) electrons. The molecule has 0 aromatic heterocycles. The average molecular weight is 290 g/mol. The van der Waals surface area contributed by atoms with E-state index >= 15 is 0 Å². The highest BCUT2D eigenvalue weighted by Crippen LogP contribution is 2.31. The second-order valence-electron chi connectivity index (χ2n) is 5.50. The molecule has 0 aliphatic rings. The van der Waals surface area contributed by atoms with Crippen molar-refractivity contribution in [2.24, 2.45) is 0 Å². The minimum atomic E-state index is -0.536. The molecule has 1 heteroatoms. The van der Waals surface area contributed by atoms with E-state index in [2.05, 4.69) is 49.0 Å². The fourth-order valence-corrected chi connectivity index (χ4v) is 2.51. The lowest BCUT2D eigenvalue weighted by Crippen LogP contribution is -2.27. The van der Waals surface area contributed by atoms with E-state index in [0.717, 1.165) is 11.1 Å². The Morgan fingerprint density at radius 2 is 1.68 bits per heavy atom. The normalized spacial score (nSPS) is 12.6. The first-order valence-corrected chi connectivity index (χ1v) is 7.28. The van der Waals surface area contributed by atoms with E-state index in [0.29, 0.717) is 12.8 Å². The summed E-state index contributed by atoms with van der Waals surface area (Å²) in [5, 5.41) is 0. The van der Waals surface area contributed by atoms with Gasteiger partial charge in [0.2, 0.25) is 0 Å². The number of hydrogen-bond donors (Lipinski definition) is 0. The Labute approximate surface area is 132 Å². The molecule has 0 fully saturated rings. The number of rotatable bonds is 4. The van der Waals surface area contributed by atoms with Crippen molar-refractivity contribution in [3.63, 3.8) is 0 Å². The minimum Gasteiger partial charge on any atom is -0.207 e. The van der Waals surface area contributed by atoms with Crippen LogP contribution in [0.1, 0.15) is 30.0 Å². The molecule has 0 saturated carbocycles. The summed E-state index contributed by atoms with van der Waals surface area (Å²) in [6.07, 6.45) is 7.12. The SMILES string of the molecule is C#CC(CC#CC)(Cc1ccc(C)cc1)c1ccc(F)cc1. The van der Waals surface area contributed by atoms with E-state index in [-0.39, 0.29) is 5.82 Å². The van der Waals surface area contributed by atoms with Gasteiger partial charge in [0.05, 0.1) is 5.41 Å². The molecule has 2 aromatic rings. The maximum absolute atomic E-state index is 13.2. The maximum atomic E-state index is 13.2. The molecule has 0 nitrogen and oxygen atoms in total. The maximum Gasteiger partial charge on any atom is 0.123 e. The monoisotopic (exact) mass is 290 g/mol. The number of terminal acetylenes is 1. The molecule has 0 aliphatic carbocycles. The van der Waals surface area contributed by atoms with Gasteiger partial charge in [0.15, 0.2) is 0 Å². The van der Waals surface area contributed by atoms with E-state index in [4.69, 9.17) is 6.42 Å². The third-order valence-electron chi connectivity index (χ3n) is 3.87. The third-order valence-corrected chi connectivity index (χ3v) is 3.87. The predicted molar refractivity (Wildman–Crippen MR) is 89.9 cm³/mol. The van der Waals surface area contributed by atoms with E-state index in [9.17, 15) is 4.39 Å². The van der Waals surface area contributed by atoms with Crippen LogP contribution in [-0.2, 0) is 11.8 Å². The van der Waals surface area contributed by atoms with Gasteiger partial charge in [-0.15, -0.1) is 18.3 Å². The van der Waals surface area contributed by atoms with Crippen molar-refractivity contribution in [3.05, 3.63) is 71.0 Å². The number of halogens is 1. The molecular weight excluding hydrogens is 271 g/mol. The van der Waals surface area contributed by atoms with Gasteiger partial charge in [-0.25, -0.2) is 4.39 Å². The van der Waals surface area contributed by atoms with Gasteiger partial charge in [-0.3, -0.25) is 0 Å². The summed E-state index contributed by atoms with van der Waals surface area (Å²) in [6.45, 7) is 3.86. The number of hydrogen-bond acceptors (Lipinski definition) is 0. The summed E-state index contributed by atoms with van der Waals surface area (Å²) >= 11 is 0. The number of aryl methyl sites for hydroxylation is 1. The molecule has 2 rings (SSSR count). The Bertz CT molecular complexity index is 721. The Morgan fingerprint density at radius 1 is 1.05 bits per heavy atom. The highest BCUT2D eigenvalue weighted by atomic mass is 19.1. The van der Waals surface area contributed by atoms with Crippen LogP contribution in [0.25, 0.3) is 0 Å². The van der Waals surface area contributed by atoms with Crippen LogP contribution in [0.15, 0.2) is 48.5 Å². The molecule has 0 spiro atoms. The van der Waals surface area contributed by atoms with Crippen molar-refractivity contribution in [2.75, 3.05) is 0 Å². The van der Waals surface area contributed by atoms with Gasteiger partial charge in [-0.05, 0) is 43.5 Å². The zero-order chi connectivity index (χ0) is 16.0. The molecule has 2 aromatic carbocycles. The molecule has 0 saturated heterocycles. The predicted octanol–water partition coefficient (Wildman–Crippen LogP) is 4.66. The van der Waals surface area contributed by atoms with Crippen LogP contribution in [0, 0.1) is 36.9 Å². The van der Waals surface area contributed by atoms with Crippen LogP contribution in [0.3, 0.4) is 0 Å². The second-order valence-corrected chi connectivity index (χ2v) is 5.50. The minimum absolute atomic E-state index is 0.258. The Balaban J connectivity index is 2.43. The van der Waals surface area contributed by atoms with E-state index in [1.165, 1.54) is 17.7 Å². The topological polar surface area (TPSA) is 0 Å². The molecule has 1 unspecified atom stereocenters. The van der Waals surface area contributed by atoms with Crippen molar-refractivity contribution in [3.8, 4) is 24.2 Å². The van der Waals surface area contributed by atoms with Crippen molar-refractivity contribution >= 4 is 0 Å². The standard InChI is InChI=1S/C21H19F/c1-4-6-15-21(5-2,19-11-13-20(22)14-12-19)16-18-9-7-17(3)8-10-18/h2,7-14H,15-16H2,1,3H3. The fraction of sp³-hybridized carbons (Fsp3) is 0.238. The summed E-state index contributed by atoms with van der Waals surface area (Å²) in [5.41, 5.74) is 2.77. The van der Waals surface area contributed by atoms with Crippen LogP contribution in [0.5, 0.6) is 0 Å². The third kappa shape index (κ3) is 3.57. The lowest BCUT2D eigenvalue weighted by molar-refractivity contribution is 0.565. The lowest BCUT2D eigenvalue weighted by atomic mass is 9.74. The van der Waals surface area contributed by atoms with Crippen molar-refractivity contribution < 1.29 is 4.39 Å². The van der Waals surface area contributed by atoms with Gasteiger partial charge >= 0.3 is 0 Å². The molecular formula is C21H19F. The Kier molecular flexibility index (Phi) is 5.03. The summed E-state index contributed by atoms with van der Waals surface area (Å²) in [6, 6.07) is 14.8. The molecule has 22 heavy (non-hydrogen) atoms. The van der Waals surface area contributed by atoms with Gasteiger partial charge in [-0.2, -0.15) is 0 Å². The summed E-state index contributed by atoms with van der Waals surface area (Å²) in [4.78, 5) is 0. The highest BCUT2D eigenvalue weighted by molar-refractivity contribution is 5.40. The molecule has 0 aliphatic heterocycles. The average Bonchev–Trinajstić information content (AvgIpc) is 2.54. The van der Waals surface area contributed by atoms with Gasteiger partial charge in [-0.1, -0.05) is 47.9 Å². The molecule has 0 heterocycles. The first-order chi connectivity index (χ1) is 10.6. The van der Waals surface area contributed by atoms with Crippen LogP contribution < -0.4 is 0 Å². The zero-order valence-electron chi connectivity index (χ0n) is 13.0.